The van der Waals surface area contributed by atoms with Crippen molar-refractivity contribution in [1.82, 2.24) is 10.3 Å². The molecule has 1 aliphatic heterocycles. The summed E-state index contributed by atoms with van der Waals surface area (Å²) in [6.45, 7) is 1.97. The minimum atomic E-state index is -1.01. The minimum Gasteiger partial charge on any atom is -0.351 e. The van der Waals surface area contributed by atoms with Crippen LogP contribution in [0.5, 0.6) is 0 Å². The van der Waals surface area contributed by atoms with E-state index < -0.39 is 5.41 Å². The lowest BCUT2D eigenvalue weighted by Crippen LogP contribution is -2.53. The van der Waals surface area contributed by atoms with Crippen molar-refractivity contribution in [1.29, 1.82) is 0 Å². The van der Waals surface area contributed by atoms with Crippen molar-refractivity contribution >= 4 is 50.8 Å². The Morgan fingerprint density at radius 3 is 2.61 bits per heavy atom. The van der Waals surface area contributed by atoms with Crippen LogP contribution in [-0.2, 0) is 10.2 Å². The summed E-state index contributed by atoms with van der Waals surface area (Å²) in [7, 11) is 1.77. The second-order valence-corrected chi connectivity index (χ2v) is 8.50. The Labute approximate surface area is 184 Å². The third-order valence-corrected chi connectivity index (χ3v) is 6.29. The number of carbonyl (C=O) groups excluding carboxylic acids is 2. The van der Waals surface area contributed by atoms with Gasteiger partial charge in [-0.1, -0.05) is 48.0 Å². The van der Waals surface area contributed by atoms with Crippen LogP contribution in [0.2, 0.25) is 5.02 Å². The molecular formula is C25H20ClN3O2. The Morgan fingerprint density at radius 2 is 1.81 bits per heavy atom. The second-order valence-electron chi connectivity index (χ2n) is 8.07. The molecule has 0 fully saturated rings. The highest BCUT2D eigenvalue weighted by Gasteiger charge is 2.45. The zero-order valence-electron chi connectivity index (χ0n) is 17.1. The molecule has 0 bridgehead atoms. The summed E-state index contributed by atoms with van der Waals surface area (Å²) in [5, 5.41) is 6.44. The number of para-hydroxylation sites is 1. The lowest BCUT2D eigenvalue weighted by molar-refractivity contribution is -0.123. The minimum absolute atomic E-state index is 0.110. The van der Waals surface area contributed by atoms with Gasteiger partial charge in [-0.05, 0) is 42.6 Å². The number of hydrogen-bond donors (Lipinski definition) is 1. The number of nitrogens with one attached hydrogen (secondary N) is 1. The SMILES string of the molecule is CN1C(=O)C(C)(CNC(=O)c2cccc(Cl)c2)c2nc3ccccc3c3cccc1c23. The predicted molar refractivity (Wildman–Crippen MR) is 124 cm³/mol. The average molecular weight is 430 g/mol. The molecule has 6 heteroatoms. The lowest BCUT2D eigenvalue weighted by atomic mass is 9.78. The Hall–Kier alpha value is -3.44. The van der Waals surface area contributed by atoms with Gasteiger partial charge in [0.15, 0.2) is 0 Å². The van der Waals surface area contributed by atoms with Gasteiger partial charge >= 0.3 is 0 Å². The lowest BCUT2D eigenvalue weighted by Gasteiger charge is -2.38. The van der Waals surface area contributed by atoms with Crippen molar-refractivity contribution in [3.63, 3.8) is 0 Å². The van der Waals surface area contributed by atoms with Crippen molar-refractivity contribution in [3.05, 3.63) is 83.0 Å². The highest BCUT2D eigenvalue weighted by atomic mass is 35.5. The molecule has 1 aromatic heterocycles. The van der Waals surface area contributed by atoms with E-state index in [0.29, 0.717) is 16.3 Å². The maximum absolute atomic E-state index is 13.5. The molecule has 4 aromatic rings. The number of fused-ring (bicyclic) bond motifs is 2. The zero-order valence-corrected chi connectivity index (χ0v) is 17.9. The van der Waals surface area contributed by atoms with E-state index in [1.54, 1.807) is 36.2 Å². The van der Waals surface area contributed by atoms with E-state index in [2.05, 4.69) is 11.4 Å². The molecule has 2 heterocycles. The van der Waals surface area contributed by atoms with E-state index >= 15 is 0 Å². The number of pyridine rings is 1. The molecule has 1 unspecified atom stereocenters. The number of likely N-dealkylation sites (N-methyl/N-ethyl adjacent to an activating group) is 1. The Bertz CT molecular complexity index is 1380. The van der Waals surface area contributed by atoms with E-state index in [4.69, 9.17) is 16.6 Å². The van der Waals surface area contributed by atoms with Crippen molar-refractivity contribution < 1.29 is 9.59 Å². The number of anilines is 1. The van der Waals surface area contributed by atoms with Crippen molar-refractivity contribution in [2.24, 2.45) is 0 Å². The predicted octanol–water partition coefficient (Wildman–Crippen LogP) is 4.71. The molecular weight excluding hydrogens is 410 g/mol. The van der Waals surface area contributed by atoms with Crippen LogP contribution in [0.3, 0.4) is 0 Å². The van der Waals surface area contributed by atoms with Gasteiger partial charge in [0.05, 0.1) is 16.9 Å². The van der Waals surface area contributed by atoms with Crippen LogP contribution in [0.15, 0.2) is 66.7 Å². The highest BCUT2D eigenvalue weighted by Crippen LogP contribution is 2.43. The molecule has 3 aromatic carbocycles. The number of rotatable bonds is 3. The van der Waals surface area contributed by atoms with Crippen molar-refractivity contribution in [3.8, 4) is 0 Å². The number of aromatic nitrogens is 1. The molecule has 1 N–H and O–H groups in total. The zero-order chi connectivity index (χ0) is 21.8. The third-order valence-electron chi connectivity index (χ3n) is 6.06. The van der Waals surface area contributed by atoms with Crippen molar-refractivity contribution in [2.75, 3.05) is 18.5 Å². The van der Waals surface area contributed by atoms with E-state index in [9.17, 15) is 9.59 Å². The van der Waals surface area contributed by atoms with Gasteiger partial charge < -0.3 is 10.2 Å². The monoisotopic (exact) mass is 429 g/mol. The number of amides is 2. The summed E-state index contributed by atoms with van der Waals surface area (Å²) in [6, 6.07) is 20.6. The number of nitrogens with zero attached hydrogens (tertiary/aromatic N) is 2. The van der Waals surface area contributed by atoms with E-state index in [-0.39, 0.29) is 18.4 Å². The van der Waals surface area contributed by atoms with Gasteiger partial charge in [-0.15, -0.1) is 0 Å². The first kappa shape index (κ1) is 19.5. The smallest absolute Gasteiger partial charge is 0.251 e. The van der Waals surface area contributed by atoms with Gasteiger partial charge in [0.1, 0.15) is 5.41 Å². The molecule has 5 rings (SSSR count). The Balaban J connectivity index is 1.64. The molecule has 0 saturated carbocycles. The van der Waals surface area contributed by atoms with Crippen LogP contribution >= 0.6 is 11.6 Å². The van der Waals surface area contributed by atoms with Gasteiger partial charge in [-0.3, -0.25) is 14.6 Å². The van der Waals surface area contributed by atoms with Crippen molar-refractivity contribution in [2.45, 2.75) is 12.3 Å². The van der Waals surface area contributed by atoms with E-state index in [0.717, 1.165) is 27.4 Å². The maximum Gasteiger partial charge on any atom is 0.251 e. The third kappa shape index (κ3) is 2.96. The highest BCUT2D eigenvalue weighted by molar-refractivity contribution is 6.31. The van der Waals surface area contributed by atoms with E-state index in [1.165, 1.54) is 0 Å². The van der Waals surface area contributed by atoms with Crippen LogP contribution in [0, 0.1) is 0 Å². The van der Waals surface area contributed by atoms with Crippen LogP contribution < -0.4 is 10.2 Å². The largest absolute Gasteiger partial charge is 0.351 e. The maximum atomic E-state index is 13.5. The Morgan fingerprint density at radius 1 is 1.06 bits per heavy atom. The van der Waals surface area contributed by atoms with Gasteiger partial charge in [0.2, 0.25) is 5.91 Å². The Kier molecular flexibility index (Phi) is 4.45. The molecule has 1 aliphatic rings. The fraction of sp³-hybridized carbons (Fsp3) is 0.160. The number of halogens is 1. The summed E-state index contributed by atoms with van der Waals surface area (Å²) in [6.07, 6.45) is 0. The van der Waals surface area contributed by atoms with Gasteiger partial charge in [-0.25, -0.2) is 0 Å². The number of hydrogen-bond acceptors (Lipinski definition) is 3. The van der Waals surface area contributed by atoms with Crippen LogP contribution in [-0.4, -0.2) is 30.4 Å². The summed E-state index contributed by atoms with van der Waals surface area (Å²) in [5.74, 6) is -0.392. The van der Waals surface area contributed by atoms with E-state index in [1.807, 2.05) is 43.3 Å². The van der Waals surface area contributed by atoms with Gasteiger partial charge in [-0.2, -0.15) is 0 Å². The first-order chi connectivity index (χ1) is 14.9. The molecule has 5 nitrogen and oxygen atoms in total. The normalized spacial score (nSPS) is 17.9. The van der Waals surface area contributed by atoms with Crippen LogP contribution in [0.25, 0.3) is 21.7 Å². The molecule has 154 valence electrons. The number of benzene rings is 3. The summed E-state index contributed by atoms with van der Waals surface area (Å²) < 4.78 is 0. The standard InChI is InChI=1S/C25H20ClN3O2/c1-25(14-27-23(30)15-7-5-8-16(26)13-15)22-21-18(17-9-3-4-11-19(17)28-22)10-6-12-20(21)29(2)24(25)31/h3-13H,14H2,1-2H3,(H,27,30). The summed E-state index contributed by atoms with van der Waals surface area (Å²) in [4.78, 5) is 32.8. The van der Waals surface area contributed by atoms with Gasteiger partial charge in [0.25, 0.3) is 5.91 Å². The number of carbonyl (C=O) groups is 2. The van der Waals surface area contributed by atoms with Crippen LogP contribution in [0.1, 0.15) is 23.0 Å². The molecule has 0 aliphatic carbocycles. The summed E-state index contributed by atoms with van der Waals surface area (Å²) in [5.41, 5.74) is 1.77. The molecule has 31 heavy (non-hydrogen) atoms. The molecule has 0 saturated heterocycles. The first-order valence-corrected chi connectivity index (χ1v) is 10.4. The molecule has 0 spiro atoms. The molecule has 0 radical (unpaired) electrons. The summed E-state index contributed by atoms with van der Waals surface area (Å²) >= 11 is 6.02. The second kappa shape index (κ2) is 7.06. The fourth-order valence-electron chi connectivity index (χ4n) is 4.40. The fourth-order valence-corrected chi connectivity index (χ4v) is 4.59. The quantitative estimate of drug-likeness (QED) is 0.480. The van der Waals surface area contributed by atoms with Crippen LogP contribution in [0.4, 0.5) is 5.69 Å². The molecule has 1 atom stereocenters. The first-order valence-electron chi connectivity index (χ1n) is 10.0. The topological polar surface area (TPSA) is 62.3 Å². The molecule has 2 amide bonds. The average Bonchev–Trinajstić information content (AvgIpc) is 2.79. The van der Waals surface area contributed by atoms with Gasteiger partial charge in [0, 0.05) is 35.0 Å².